The van der Waals surface area contributed by atoms with Gasteiger partial charge in [0.15, 0.2) is 0 Å². The largest absolute Gasteiger partial charge is 0.328 e. The fourth-order valence-electron chi connectivity index (χ4n) is 3.39. The Morgan fingerprint density at radius 2 is 1.47 bits per heavy atom. The van der Waals surface area contributed by atoms with Crippen LogP contribution in [0.2, 0.25) is 0 Å². The van der Waals surface area contributed by atoms with Gasteiger partial charge in [0.05, 0.1) is 0 Å². The number of nitrogens with zero attached hydrogens (tertiary/aromatic N) is 1. The Morgan fingerprint density at radius 3 is 1.82 bits per heavy atom. The molecule has 0 amide bonds. The van der Waals surface area contributed by atoms with E-state index in [0.717, 1.165) is 24.7 Å². The standard InChI is InChI=1S/C15H32N2/c1-11(2)12(3)10-17-14(4,5)8-13(16)9-15(17,6)7/h11-13H,8-10,16H2,1-7H3. The third-order valence-electron chi connectivity index (χ3n) is 4.59. The van der Waals surface area contributed by atoms with E-state index >= 15 is 0 Å². The Labute approximate surface area is 108 Å². The fraction of sp³-hybridized carbons (Fsp3) is 1.00. The van der Waals surface area contributed by atoms with Crippen molar-refractivity contribution in [3.8, 4) is 0 Å². The molecule has 2 heteroatoms. The van der Waals surface area contributed by atoms with E-state index in [1.165, 1.54) is 6.54 Å². The molecule has 17 heavy (non-hydrogen) atoms. The van der Waals surface area contributed by atoms with Crippen LogP contribution in [0.25, 0.3) is 0 Å². The molecule has 0 saturated carbocycles. The van der Waals surface area contributed by atoms with Crippen LogP contribution < -0.4 is 5.73 Å². The minimum atomic E-state index is 0.227. The van der Waals surface area contributed by atoms with Gasteiger partial charge in [-0.2, -0.15) is 0 Å². The van der Waals surface area contributed by atoms with Gasteiger partial charge in [0.2, 0.25) is 0 Å². The first kappa shape index (κ1) is 15.0. The predicted molar refractivity (Wildman–Crippen MR) is 76.1 cm³/mol. The van der Waals surface area contributed by atoms with E-state index in [1.807, 2.05) is 0 Å². The predicted octanol–water partition coefficient (Wildman–Crippen LogP) is 3.26. The zero-order chi connectivity index (χ0) is 13.4. The average Bonchev–Trinajstić information content (AvgIpc) is 2.08. The topological polar surface area (TPSA) is 29.3 Å². The Bertz CT molecular complexity index is 238. The van der Waals surface area contributed by atoms with Gasteiger partial charge in [-0.15, -0.1) is 0 Å². The highest BCUT2D eigenvalue weighted by Crippen LogP contribution is 2.38. The van der Waals surface area contributed by atoms with Crippen molar-refractivity contribution >= 4 is 0 Å². The second-order valence-electron chi connectivity index (χ2n) is 7.63. The number of nitrogens with two attached hydrogens (primary N) is 1. The number of hydrogen-bond acceptors (Lipinski definition) is 2. The molecule has 1 aliphatic rings. The van der Waals surface area contributed by atoms with E-state index < -0.39 is 0 Å². The first-order valence-electron chi connectivity index (χ1n) is 7.09. The molecule has 0 spiro atoms. The molecule has 0 bridgehead atoms. The first-order valence-corrected chi connectivity index (χ1v) is 7.09. The molecule has 2 N–H and O–H groups in total. The van der Waals surface area contributed by atoms with E-state index in [0.29, 0.717) is 6.04 Å². The molecule has 0 aliphatic carbocycles. The summed E-state index contributed by atoms with van der Waals surface area (Å²) in [5.41, 5.74) is 6.67. The summed E-state index contributed by atoms with van der Waals surface area (Å²) in [7, 11) is 0. The molecule has 1 aliphatic heterocycles. The summed E-state index contributed by atoms with van der Waals surface area (Å²) in [5, 5.41) is 0. The zero-order valence-electron chi connectivity index (χ0n) is 12.9. The van der Waals surface area contributed by atoms with E-state index in [4.69, 9.17) is 5.73 Å². The van der Waals surface area contributed by atoms with Crippen molar-refractivity contribution in [1.29, 1.82) is 0 Å². The van der Waals surface area contributed by atoms with Crippen LogP contribution in [0.4, 0.5) is 0 Å². The van der Waals surface area contributed by atoms with Crippen molar-refractivity contribution < 1.29 is 0 Å². The van der Waals surface area contributed by atoms with Gasteiger partial charge in [-0.05, 0) is 52.4 Å². The molecule has 2 nitrogen and oxygen atoms in total. The van der Waals surface area contributed by atoms with Crippen molar-refractivity contribution in [1.82, 2.24) is 4.90 Å². The molecule has 0 radical (unpaired) electrons. The highest BCUT2D eigenvalue weighted by Gasteiger charge is 2.44. The second-order valence-corrected chi connectivity index (χ2v) is 7.63. The van der Waals surface area contributed by atoms with Gasteiger partial charge < -0.3 is 5.73 Å². The molecule has 1 atom stereocenters. The summed E-state index contributed by atoms with van der Waals surface area (Å²) in [6.45, 7) is 17.6. The van der Waals surface area contributed by atoms with Crippen molar-refractivity contribution in [2.45, 2.75) is 78.4 Å². The Hall–Kier alpha value is -0.0800. The maximum Gasteiger partial charge on any atom is 0.0173 e. The Morgan fingerprint density at radius 1 is 1.06 bits per heavy atom. The number of hydrogen-bond donors (Lipinski definition) is 1. The molecule has 102 valence electrons. The van der Waals surface area contributed by atoms with Gasteiger partial charge in [0.25, 0.3) is 0 Å². The lowest BCUT2D eigenvalue weighted by Gasteiger charge is -2.56. The van der Waals surface area contributed by atoms with Gasteiger partial charge in [0, 0.05) is 23.7 Å². The fourth-order valence-corrected chi connectivity index (χ4v) is 3.39. The molecular formula is C15H32N2. The van der Waals surface area contributed by atoms with Crippen LogP contribution in [-0.4, -0.2) is 28.6 Å². The quantitative estimate of drug-likeness (QED) is 0.820. The first-order chi connectivity index (χ1) is 7.56. The third-order valence-corrected chi connectivity index (χ3v) is 4.59. The maximum absolute atomic E-state index is 6.21. The monoisotopic (exact) mass is 240 g/mol. The molecule has 1 saturated heterocycles. The summed E-state index contributed by atoms with van der Waals surface area (Å²) < 4.78 is 0. The molecular weight excluding hydrogens is 208 g/mol. The van der Waals surface area contributed by atoms with Crippen LogP contribution in [0, 0.1) is 11.8 Å². The van der Waals surface area contributed by atoms with E-state index in [2.05, 4.69) is 53.4 Å². The van der Waals surface area contributed by atoms with Gasteiger partial charge in [0.1, 0.15) is 0 Å². The summed E-state index contributed by atoms with van der Waals surface area (Å²) in [4.78, 5) is 2.69. The van der Waals surface area contributed by atoms with Crippen molar-refractivity contribution in [2.75, 3.05) is 6.54 Å². The smallest absolute Gasteiger partial charge is 0.0173 e. The van der Waals surface area contributed by atoms with Crippen LogP contribution in [0.5, 0.6) is 0 Å². The molecule has 0 aromatic heterocycles. The maximum atomic E-state index is 6.21. The van der Waals surface area contributed by atoms with Crippen molar-refractivity contribution in [3.63, 3.8) is 0 Å². The van der Waals surface area contributed by atoms with Crippen LogP contribution >= 0.6 is 0 Å². The summed E-state index contributed by atoms with van der Waals surface area (Å²) in [6, 6.07) is 0.352. The lowest BCUT2D eigenvalue weighted by atomic mass is 9.76. The van der Waals surface area contributed by atoms with Crippen LogP contribution in [0.3, 0.4) is 0 Å². The van der Waals surface area contributed by atoms with Crippen LogP contribution in [-0.2, 0) is 0 Å². The minimum absolute atomic E-state index is 0.227. The number of piperidine rings is 1. The second kappa shape index (κ2) is 4.89. The van der Waals surface area contributed by atoms with Crippen molar-refractivity contribution in [2.24, 2.45) is 17.6 Å². The number of likely N-dealkylation sites (tertiary alicyclic amines) is 1. The molecule has 1 unspecified atom stereocenters. The molecule has 0 aromatic carbocycles. The number of rotatable bonds is 3. The Kier molecular flexibility index (Phi) is 4.31. The van der Waals surface area contributed by atoms with E-state index in [1.54, 1.807) is 0 Å². The van der Waals surface area contributed by atoms with Crippen LogP contribution in [0.1, 0.15) is 61.3 Å². The van der Waals surface area contributed by atoms with E-state index in [-0.39, 0.29) is 11.1 Å². The molecule has 1 fully saturated rings. The summed E-state index contributed by atoms with van der Waals surface area (Å²) in [5.74, 6) is 1.49. The zero-order valence-corrected chi connectivity index (χ0v) is 12.9. The van der Waals surface area contributed by atoms with Gasteiger partial charge >= 0.3 is 0 Å². The van der Waals surface area contributed by atoms with Gasteiger partial charge in [-0.25, -0.2) is 0 Å². The normalized spacial score (nSPS) is 27.4. The lowest BCUT2D eigenvalue weighted by molar-refractivity contribution is -0.0474. The van der Waals surface area contributed by atoms with Gasteiger partial charge in [-0.1, -0.05) is 20.8 Å². The summed E-state index contributed by atoms with van der Waals surface area (Å²) in [6.07, 6.45) is 2.22. The SMILES string of the molecule is CC(C)C(C)CN1C(C)(C)CC(N)CC1(C)C. The minimum Gasteiger partial charge on any atom is -0.328 e. The summed E-state index contributed by atoms with van der Waals surface area (Å²) >= 11 is 0. The highest BCUT2D eigenvalue weighted by molar-refractivity contribution is 5.01. The van der Waals surface area contributed by atoms with Crippen molar-refractivity contribution in [3.05, 3.63) is 0 Å². The molecule has 1 heterocycles. The van der Waals surface area contributed by atoms with Gasteiger partial charge in [-0.3, -0.25) is 4.90 Å². The lowest BCUT2D eigenvalue weighted by Crippen LogP contribution is -2.64. The van der Waals surface area contributed by atoms with Crippen LogP contribution in [0.15, 0.2) is 0 Å². The molecule has 0 aromatic rings. The molecule has 1 rings (SSSR count). The Balaban J connectivity index is 2.85. The highest BCUT2D eigenvalue weighted by atomic mass is 15.3. The average molecular weight is 240 g/mol. The third kappa shape index (κ3) is 3.45. The van der Waals surface area contributed by atoms with E-state index in [9.17, 15) is 0 Å².